The van der Waals surface area contributed by atoms with Crippen molar-refractivity contribution in [3.63, 3.8) is 0 Å². The predicted molar refractivity (Wildman–Crippen MR) is 46.9 cm³/mol. The van der Waals surface area contributed by atoms with E-state index in [9.17, 15) is 4.79 Å². The van der Waals surface area contributed by atoms with E-state index in [1.807, 2.05) is 0 Å². The van der Waals surface area contributed by atoms with Gasteiger partial charge in [-0.05, 0) is 12.8 Å². The number of rotatable bonds is 4. The van der Waals surface area contributed by atoms with Crippen molar-refractivity contribution < 1.29 is 9.53 Å². The van der Waals surface area contributed by atoms with E-state index in [4.69, 9.17) is 10.5 Å². The van der Waals surface area contributed by atoms with Crippen LogP contribution in [-0.4, -0.2) is 25.0 Å². The molecule has 0 aromatic rings. The van der Waals surface area contributed by atoms with Crippen molar-refractivity contribution in [1.29, 1.82) is 0 Å². The summed E-state index contributed by atoms with van der Waals surface area (Å²) in [5, 5.41) is 0. The van der Waals surface area contributed by atoms with Gasteiger partial charge in [0.2, 0.25) is 0 Å². The summed E-state index contributed by atoms with van der Waals surface area (Å²) in [6, 6.07) is 0. The van der Waals surface area contributed by atoms with Gasteiger partial charge < -0.3 is 10.5 Å². The Hall–Kier alpha value is -0.410. The molecule has 0 aliphatic heterocycles. The summed E-state index contributed by atoms with van der Waals surface area (Å²) in [5.74, 6) is 0.127. The number of ether oxygens (including phenoxy) is 1. The van der Waals surface area contributed by atoms with E-state index in [2.05, 4.69) is 0 Å². The van der Waals surface area contributed by atoms with Gasteiger partial charge in [0, 0.05) is 19.1 Å². The number of Topliss-reactive ketones (excluding diaryl/α,β-unsaturated/α-hetero) is 1. The second-order valence-corrected chi connectivity index (χ2v) is 3.72. The molecule has 1 aliphatic rings. The first-order chi connectivity index (χ1) is 5.66. The van der Waals surface area contributed by atoms with Gasteiger partial charge >= 0.3 is 0 Å². The van der Waals surface area contributed by atoms with Crippen molar-refractivity contribution in [2.45, 2.75) is 37.6 Å². The Morgan fingerprint density at radius 1 is 1.50 bits per heavy atom. The number of ketones is 1. The van der Waals surface area contributed by atoms with Crippen molar-refractivity contribution >= 4 is 5.78 Å². The number of methoxy groups -OCH3 is 1. The van der Waals surface area contributed by atoms with Crippen LogP contribution in [-0.2, 0) is 9.53 Å². The van der Waals surface area contributed by atoms with Gasteiger partial charge in [0.25, 0.3) is 0 Å². The summed E-state index contributed by atoms with van der Waals surface area (Å²) in [6.07, 6.45) is 4.79. The van der Waals surface area contributed by atoms with Gasteiger partial charge in [0.1, 0.15) is 6.61 Å². The number of hydrogen-bond acceptors (Lipinski definition) is 3. The van der Waals surface area contributed by atoms with Gasteiger partial charge in [-0.15, -0.1) is 0 Å². The Balaban J connectivity index is 2.33. The maximum absolute atomic E-state index is 11.2. The molecule has 12 heavy (non-hydrogen) atoms. The zero-order valence-electron chi connectivity index (χ0n) is 7.64. The minimum Gasteiger partial charge on any atom is -0.377 e. The zero-order valence-corrected chi connectivity index (χ0v) is 7.64. The Kier molecular flexibility index (Phi) is 3.23. The average Bonchev–Trinajstić information content (AvgIpc) is 2.36. The van der Waals surface area contributed by atoms with Gasteiger partial charge in [-0.1, -0.05) is 12.8 Å². The van der Waals surface area contributed by atoms with Gasteiger partial charge in [0.05, 0.1) is 0 Å². The Bertz CT molecular complexity index is 162. The van der Waals surface area contributed by atoms with Crippen molar-refractivity contribution in [2.24, 2.45) is 5.73 Å². The molecule has 0 saturated heterocycles. The molecule has 0 spiro atoms. The molecule has 1 fully saturated rings. The Labute approximate surface area is 73.3 Å². The third-order valence-corrected chi connectivity index (χ3v) is 2.45. The maximum Gasteiger partial charge on any atom is 0.160 e. The van der Waals surface area contributed by atoms with Gasteiger partial charge in [-0.25, -0.2) is 0 Å². The molecule has 1 aliphatic carbocycles. The predicted octanol–water partition coefficient (Wildman–Crippen LogP) is 0.864. The Morgan fingerprint density at radius 2 is 2.08 bits per heavy atom. The second kappa shape index (κ2) is 4.01. The molecule has 0 bridgehead atoms. The summed E-state index contributed by atoms with van der Waals surface area (Å²) in [5.41, 5.74) is 5.80. The molecule has 3 nitrogen and oxygen atoms in total. The number of hydrogen-bond donors (Lipinski definition) is 1. The van der Waals surface area contributed by atoms with Crippen LogP contribution in [0.3, 0.4) is 0 Å². The fourth-order valence-electron chi connectivity index (χ4n) is 1.86. The van der Waals surface area contributed by atoms with Crippen LogP contribution in [0, 0.1) is 0 Å². The molecule has 0 unspecified atom stereocenters. The van der Waals surface area contributed by atoms with E-state index in [1.54, 1.807) is 0 Å². The smallest absolute Gasteiger partial charge is 0.160 e. The summed E-state index contributed by atoms with van der Waals surface area (Å²) in [7, 11) is 1.54. The number of carbonyl (C=O) groups is 1. The topological polar surface area (TPSA) is 52.3 Å². The van der Waals surface area contributed by atoms with Crippen LogP contribution in [0.1, 0.15) is 32.1 Å². The first-order valence-corrected chi connectivity index (χ1v) is 4.46. The largest absolute Gasteiger partial charge is 0.377 e. The molecule has 0 heterocycles. The first-order valence-electron chi connectivity index (χ1n) is 4.46. The van der Waals surface area contributed by atoms with E-state index in [0.29, 0.717) is 6.42 Å². The lowest BCUT2D eigenvalue weighted by Crippen LogP contribution is -2.39. The quantitative estimate of drug-likeness (QED) is 0.682. The maximum atomic E-state index is 11.2. The van der Waals surface area contributed by atoms with Crippen molar-refractivity contribution in [3.05, 3.63) is 0 Å². The fraction of sp³-hybridized carbons (Fsp3) is 0.889. The van der Waals surface area contributed by atoms with Crippen LogP contribution in [0.2, 0.25) is 0 Å². The van der Waals surface area contributed by atoms with Crippen molar-refractivity contribution in [3.8, 4) is 0 Å². The second-order valence-electron chi connectivity index (χ2n) is 3.72. The molecular weight excluding hydrogens is 154 g/mol. The highest BCUT2D eigenvalue weighted by Gasteiger charge is 2.31. The SMILES string of the molecule is COCC(=O)CC1(N)CCCC1. The van der Waals surface area contributed by atoms with Crippen LogP contribution in [0.15, 0.2) is 0 Å². The molecule has 0 amide bonds. The number of carbonyl (C=O) groups excluding carboxylic acids is 1. The average molecular weight is 171 g/mol. The summed E-state index contributed by atoms with van der Waals surface area (Å²) in [4.78, 5) is 11.2. The monoisotopic (exact) mass is 171 g/mol. The van der Waals surface area contributed by atoms with E-state index in [0.717, 1.165) is 25.7 Å². The first kappa shape index (κ1) is 9.68. The molecule has 70 valence electrons. The van der Waals surface area contributed by atoms with Crippen molar-refractivity contribution in [2.75, 3.05) is 13.7 Å². The molecule has 0 atom stereocenters. The van der Waals surface area contributed by atoms with Crippen LogP contribution in [0.25, 0.3) is 0 Å². The highest BCUT2D eigenvalue weighted by molar-refractivity contribution is 5.80. The van der Waals surface area contributed by atoms with E-state index < -0.39 is 0 Å². The zero-order chi connectivity index (χ0) is 9.03. The third-order valence-electron chi connectivity index (χ3n) is 2.45. The van der Waals surface area contributed by atoms with Crippen LogP contribution < -0.4 is 5.73 Å². The standard InChI is InChI=1S/C9H17NO2/c1-12-7-8(11)6-9(10)4-2-3-5-9/h2-7,10H2,1H3. The highest BCUT2D eigenvalue weighted by atomic mass is 16.5. The van der Waals surface area contributed by atoms with E-state index in [1.165, 1.54) is 7.11 Å². The van der Waals surface area contributed by atoms with Gasteiger partial charge in [-0.3, -0.25) is 4.79 Å². The van der Waals surface area contributed by atoms with Gasteiger partial charge in [0.15, 0.2) is 5.78 Å². The Morgan fingerprint density at radius 3 is 2.58 bits per heavy atom. The highest BCUT2D eigenvalue weighted by Crippen LogP contribution is 2.29. The van der Waals surface area contributed by atoms with Crippen molar-refractivity contribution in [1.82, 2.24) is 0 Å². The molecule has 0 aromatic heterocycles. The molecule has 3 heteroatoms. The number of nitrogens with two attached hydrogens (primary N) is 1. The van der Waals surface area contributed by atoms with Gasteiger partial charge in [-0.2, -0.15) is 0 Å². The fourth-order valence-corrected chi connectivity index (χ4v) is 1.86. The van der Waals surface area contributed by atoms with Crippen LogP contribution >= 0.6 is 0 Å². The van der Waals surface area contributed by atoms with E-state index >= 15 is 0 Å². The lowest BCUT2D eigenvalue weighted by atomic mass is 9.92. The molecule has 0 aromatic carbocycles. The minimum absolute atomic E-state index is 0.127. The molecule has 0 radical (unpaired) electrons. The third kappa shape index (κ3) is 2.57. The van der Waals surface area contributed by atoms with Crippen LogP contribution in [0.5, 0.6) is 0 Å². The summed E-state index contributed by atoms with van der Waals surface area (Å²) < 4.78 is 4.75. The summed E-state index contributed by atoms with van der Waals surface area (Å²) in [6.45, 7) is 0.207. The van der Waals surface area contributed by atoms with Crippen LogP contribution in [0.4, 0.5) is 0 Å². The minimum atomic E-state index is -0.213. The molecule has 1 rings (SSSR count). The lowest BCUT2D eigenvalue weighted by Gasteiger charge is -2.21. The normalized spacial score (nSPS) is 21.2. The lowest BCUT2D eigenvalue weighted by molar-refractivity contribution is -0.123. The molecule has 2 N–H and O–H groups in total. The molecule has 1 saturated carbocycles. The van der Waals surface area contributed by atoms with E-state index in [-0.39, 0.29) is 17.9 Å². The summed E-state index contributed by atoms with van der Waals surface area (Å²) >= 11 is 0. The molecular formula is C9H17NO2.